The minimum atomic E-state index is 0.564. The molecule has 1 saturated heterocycles. The Hall–Kier alpha value is -0.670. The smallest absolute Gasteiger partial charge is 0.119 e. The molecule has 4 nitrogen and oxygen atoms in total. The highest BCUT2D eigenvalue weighted by atomic mass is 31.0. The van der Waals surface area contributed by atoms with E-state index in [0.29, 0.717) is 19.2 Å². The van der Waals surface area contributed by atoms with Crippen molar-refractivity contribution < 1.29 is 4.74 Å². The lowest BCUT2D eigenvalue weighted by molar-refractivity contribution is 0.129. The first kappa shape index (κ1) is 18.7. The molecule has 0 radical (unpaired) electrons. The third-order valence-corrected chi connectivity index (χ3v) is 5.09. The Bertz CT molecular complexity index is 475. The Morgan fingerprint density at radius 2 is 1.96 bits per heavy atom. The van der Waals surface area contributed by atoms with Crippen LogP contribution in [0.5, 0.6) is 5.75 Å². The second-order valence-electron chi connectivity index (χ2n) is 5.98. The van der Waals surface area contributed by atoms with Crippen molar-refractivity contribution in [2.24, 2.45) is 5.73 Å². The average Bonchev–Trinajstić information content (AvgIpc) is 2.62. The van der Waals surface area contributed by atoms with Gasteiger partial charge in [0, 0.05) is 38.8 Å². The molecule has 1 aliphatic heterocycles. The summed E-state index contributed by atoms with van der Waals surface area (Å²) in [5.41, 5.74) is 8.51. The summed E-state index contributed by atoms with van der Waals surface area (Å²) in [5.74, 6) is 0.968. The minimum Gasteiger partial charge on any atom is -0.492 e. The Morgan fingerprint density at radius 1 is 1.22 bits per heavy atom. The number of nitrogens with two attached hydrogens (primary N) is 1. The largest absolute Gasteiger partial charge is 0.492 e. The average molecular weight is 337 g/mol. The number of piperazine rings is 1. The van der Waals surface area contributed by atoms with E-state index in [1.54, 1.807) is 0 Å². The SMILES string of the molecule is CC.NCCOc1ccc2c(c1)C(N1CCN(P)CC1)CCC2. The quantitative estimate of drug-likeness (QED) is 0.858. The molecule has 2 N–H and O–H groups in total. The number of benzene rings is 1. The van der Waals surface area contributed by atoms with Gasteiger partial charge in [0.15, 0.2) is 0 Å². The number of aryl methyl sites for hydroxylation is 1. The van der Waals surface area contributed by atoms with Crippen LogP contribution in [-0.4, -0.2) is 48.9 Å². The van der Waals surface area contributed by atoms with Crippen molar-refractivity contribution in [1.82, 2.24) is 9.57 Å². The van der Waals surface area contributed by atoms with Gasteiger partial charge in [-0.1, -0.05) is 29.3 Å². The second-order valence-corrected chi connectivity index (χ2v) is 6.71. The van der Waals surface area contributed by atoms with Crippen LogP contribution in [0.15, 0.2) is 18.2 Å². The van der Waals surface area contributed by atoms with Crippen molar-refractivity contribution in [3.05, 3.63) is 29.3 Å². The lowest BCUT2D eigenvalue weighted by Crippen LogP contribution is -2.44. The van der Waals surface area contributed by atoms with E-state index in [9.17, 15) is 0 Å². The van der Waals surface area contributed by atoms with Crippen molar-refractivity contribution >= 4 is 9.39 Å². The third-order valence-electron chi connectivity index (χ3n) is 4.58. The fraction of sp³-hybridized carbons (Fsp3) is 0.667. The van der Waals surface area contributed by atoms with Crippen LogP contribution < -0.4 is 10.5 Å². The monoisotopic (exact) mass is 337 g/mol. The molecule has 0 saturated carbocycles. The van der Waals surface area contributed by atoms with E-state index in [1.165, 1.54) is 30.4 Å². The predicted octanol–water partition coefficient (Wildman–Crippen LogP) is 2.84. The maximum atomic E-state index is 5.72. The van der Waals surface area contributed by atoms with Crippen LogP contribution in [-0.2, 0) is 6.42 Å². The molecule has 3 rings (SSSR count). The first-order chi connectivity index (χ1) is 11.3. The Morgan fingerprint density at radius 3 is 2.65 bits per heavy atom. The predicted molar refractivity (Wildman–Crippen MR) is 101 cm³/mol. The second kappa shape index (κ2) is 9.58. The van der Waals surface area contributed by atoms with Gasteiger partial charge in [-0.3, -0.25) is 9.57 Å². The molecule has 1 aromatic carbocycles. The zero-order valence-electron chi connectivity index (χ0n) is 14.6. The molecule has 2 unspecified atom stereocenters. The van der Waals surface area contributed by atoms with Crippen LogP contribution in [0.3, 0.4) is 0 Å². The summed E-state index contributed by atoms with van der Waals surface area (Å²) < 4.78 is 8.05. The summed E-state index contributed by atoms with van der Waals surface area (Å²) in [4.78, 5) is 2.64. The molecule has 0 spiro atoms. The summed E-state index contributed by atoms with van der Waals surface area (Å²) in [5, 5.41) is 0. The van der Waals surface area contributed by atoms with Crippen molar-refractivity contribution in [1.29, 1.82) is 0 Å². The first-order valence-corrected chi connectivity index (χ1v) is 9.49. The van der Waals surface area contributed by atoms with E-state index in [4.69, 9.17) is 10.5 Å². The van der Waals surface area contributed by atoms with Crippen LogP contribution in [0.25, 0.3) is 0 Å². The Kier molecular flexibility index (Phi) is 7.78. The summed E-state index contributed by atoms with van der Waals surface area (Å²) in [6.45, 7) is 9.74. The first-order valence-electron chi connectivity index (χ1n) is 8.97. The maximum Gasteiger partial charge on any atom is 0.119 e. The van der Waals surface area contributed by atoms with Crippen LogP contribution in [0.4, 0.5) is 0 Å². The number of rotatable bonds is 4. The van der Waals surface area contributed by atoms with E-state index in [1.807, 2.05) is 13.8 Å². The molecule has 1 heterocycles. The van der Waals surface area contributed by atoms with Crippen molar-refractivity contribution in [3.8, 4) is 5.75 Å². The Labute approximate surface area is 143 Å². The lowest BCUT2D eigenvalue weighted by atomic mass is 9.86. The summed E-state index contributed by atoms with van der Waals surface area (Å²) in [6.07, 6.45) is 3.76. The molecule has 23 heavy (non-hydrogen) atoms. The number of ether oxygens (including phenoxy) is 1. The van der Waals surface area contributed by atoms with Crippen LogP contribution >= 0.6 is 9.39 Å². The number of hydrogen-bond acceptors (Lipinski definition) is 4. The van der Waals surface area contributed by atoms with Gasteiger partial charge in [0.25, 0.3) is 0 Å². The van der Waals surface area contributed by atoms with Gasteiger partial charge in [0.1, 0.15) is 12.4 Å². The fourth-order valence-corrected chi connectivity index (χ4v) is 3.68. The maximum absolute atomic E-state index is 5.72. The summed E-state index contributed by atoms with van der Waals surface area (Å²) in [7, 11) is 2.82. The van der Waals surface area contributed by atoms with Crippen LogP contribution in [0.1, 0.15) is 43.9 Å². The highest BCUT2D eigenvalue weighted by Crippen LogP contribution is 2.36. The molecule has 2 atom stereocenters. The van der Waals surface area contributed by atoms with Crippen molar-refractivity contribution in [2.75, 3.05) is 39.3 Å². The molecular formula is C18H32N3OP. The van der Waals surface area contributed by atoms with Gasteiger partial charge >= 0.3 is 0 Å². The van der Waals surface area contributed by atoms with E-state index >= 15 is 0 Å². The Balaban J connectivity index is 0.000000924. The van der Waals surface area contributed by atoms with Gasteiger partial charge in [-0.25, -0.2) is 0 Å². The number of nitrogens with zero attached hydrogens (tertiary/aromatic N) is 2. The van der Waals surface area contributed by atoms with Gasteiger partial charge in [0.05, 0.1) is 0 Å². The molecule has 0 aromatic heterocycles. The van der Waals surface area contributed by atoms with Crippen LogP contribution in [0, 0.1) is 0 Å². The zero-order chi connectivity index (χ0) is 16.7. The number of hydrogen-bond donors (Lipinski definition) is 1. The van der Waals surface area contributed by atoms with E-state index in [-0.39, 0.29) is 0 Å². The van der Waals surface area contributed by atoms with Gasteiger partial charge in [-0.15, -0.1) is 0 Å². The molecule has 1 aliphatic carbocycles. The highest BCUT2D eigenvalue weighted by Gasteiger charge is 2.28. The van der Waals surface area contributed by atoms with E-state index in [0.717, 1.165) is 31.9 Å². The van der Waals surface area contributed by atoms with Gasteiger partial charge < -0.3 is 10.5 Å². The topological polar surface area (TPSA) is 41.7 Å². The fourth-order valence-electron chi connectivity index (χ4n) is 3.45. The van der Waals surface area contributed by atoms with E-state index < -0.39 is 0 Å². The van der Waals surface area contributed by atoms with Gasteiger partial charge in [-0.05, 0) is 42.5 Å². The van der Waals surface area contributed by atoms with Crippen LogP contribution in [0.2, 0.25) is 0 Å². The lowest BCUT2D eigenvalue weighted by Gasteiger charge is -2.40. The minimum absolute atomic E-state index is 0.564. The molecule has 0 amide bonds. The zero-order valence-corrected chi connectivity index (χ0v) is 15.8. The molecule has 0 bridgehead atoms. The number of fused-ring (bicyclic) bond motifs is 1. The standard InChI is InChI=1S/C16H26N3OP.C2H6/c17-6-11-20-14-5-4-13-2-1-3-16(15(13)12-14)18-7-9-19(21)10-8-18;1-2/h4-5,12,16H,1-3,6-11,17,21H2;1-2H3. The van der Waals surface area contributed by atoms with Crippen molar-refractivity contribution in [3.63, 3.8) is 0 Å². The molecule has 1 aromatic rings. The van der Waals surface area contributed by atoms with E-state index in [2.05, 4.69) is 37.2 Å². The molecular weight excluding hydrogens is 305 g/mol. The molecule has 1 fully saturated rings. The third kappa shape index (κ3) is 4.90. The summed E-state index contributed by atoms with van der Waals surface area (Å²) in [6, 6.07) is 7.16. The molecule has 2 aliphatic rings. The summed E-state index contributed by atoms with van der Waals surface area (Å²) >= 11 is 0. The molecule has 5 heteroatoms. The normalized spacial score (nSPS) is 22.0. The van der Waals surface area contributed by atoms with Gasteiger partial charge in [0.2, 0.25) is 0 Å². The highest BCUT2D eigenvalue weighted by molar-refractivity contribution is 7.13. The molecule has 130 valence electrons. The van der Waals surface area contributed by atoms with Gasteiger partial charge in [-0.2, -0.15) is 0 Å². The van der Waals surface area contributed by atoms with Crippen molar-refractivity contribution in [2.45, 2.75) is 39.2 Å².